The van der Waals surface area contributed by atoms with Crippen LogP contribution in [0.1, 0.15) is 38.5 Å². The minimum Gasteiger partial charge on any atom is -0.357 e. The summed E-state index contributed by atoms with van der Waals surface area (Å²) in [6, 6.07) is 4.52. The number of nitrogens with zero attached hydrogens (tertiary/aromatic N) is 4. The Labute approximate surface area is 161 Å². The van der Waals surface area contributed by atoms with Crippen molar-refractivity contribution in [1.29, 1.82) is 0 Å². The minimum atomic E-state index is 0.220. The molecular weight excluding hydrogens is 348 g/mol. The predicted octanol–water partition coefficient (Wildman–Crippen LogP) is 3.04. The maximum Gasteiger partial charge on any atom is 0.226 e. The van der Waals surface area contributed by atoms with E-state index in [0.29, 0.717) is 17.0 Å². The van der Waals surface area contributed by atoms with Gasteiger partial charge in [-0.05, 0) is 57.2 Å². The average Bonchev–Trinajstić information content (AvgIpc) is 3.23. The highest BCUT2D eigenvalue weighted by Crippen LogP contribution is 2.27. The first-order valence-corrected chi connectivity index (χ1v) is 10.5. The summed E-state index contributed by atoms with van der Waals surface area (Å²) in [6.07, 6.45) is 8.60. The number of hydrogen-bond acceptors (Lipinski definition) is 4. The molecule has 0 spiro atoms. The van der Waals surface area contributed by atoms with Gasteiger partial charge in [-0.2, -0.15) is 0 Å². The predicted molar refractivity (Wildman–Crippen MR) is 105 cm³/mol. The molecular formula is C20H29ClN4O. The smallest absolute Gasteiger partial charge is 0.226 e. The lowest BCUT2D eigenvalue weighted by Crippen LogP contribution is -2.51. The molecule has 142 valence electrons. The molecule has 1 aromatic heterocycles. The number of anilines is 1. The fraction of sp³-hybridized carbons (Fsp3) is 0.700. The van der Waals surface area contributed by atoms with Crippen LogP contribution in [-0.4, -0.2) is 66.0 Å². The van der Waals surface area contributed by atoms with Crippen molar-refractivity contribution in [3.8, 4) is 0 Å². The first kappa shape index (κ1) is 18.1. The largest absolute Gasteiger partial charge is 0.357 e. The van der Waals surface area contributed by atoms with Gasteiger partial charge in [0.1, 0.15) is 5.82 Å². The molecule has 0 bridgehead atoms. The van der Waals surface area contributed by atoms with Crippen LogP contribution in [0.5, 0.6) is 0 Å². The second kappa shape index (κ2) is 8.13. The Morgan fingerprint density at radius 3 is 2.46 bits per heavy atom. The summed E-state index contributed by atoms with van der Waals surface area (Å²) in [4.78, 5) is 24.3. The molecule has 1 unspecified atom stereocenters. The summed E-state index contributed by atoms with van der Waals surface area (Å²) in [5, 5.41) is 0.686. The molecule has 0 radical (unpaired) electrons. The molecule has 1 amide bonds. The molecule has 4 rings (SSSR count). The molecule has 1 aromatic rings. The molecule has 0 N–H and O–H groups in total. The van der Waals surface area contributed by atoms with Crippen LogP contribution in [-0.2, 0) is 4.79 Å². The van der Waals surface area contributed by atoms with E-state index in [1.54, 1.807) is 6.20 Å². The van der Waals surface area contributed by atoms with E-state index in [0.717, 1.165) is 70.8 Å². The van der Waals surface area contributed by atoms with E-state index >= 15 is 0 Å². The molecule has 5 nitrogen and oxygen atoms in total. The van der Waals surface area contributed by atoms with Gasteiger partial charge < -0.3 is 9.80 Å². The molecule has 4 heterocycles. The van der Waals surface area contributed by atoms with E-state index in [1.165, 1.54) is 12.8 Å². The van der Waals surface area contributed by atoms with Gasteiger partial charge in [0.25, 0.3) is 0 Å². The Balaban J connectivity index is 1.31. The number of amides is 1. The highest BCUT2D eigenvalue weighted by molar-refractivity contribution is 6.30. The molecule has 3 aliphatic heterocycles. The number of halogens is 1. The zero-order valence-corrected chi connectivity index (χ0v) is 16.2. The van der Waals surface area contributed by atoms with Crippen LogP contribution in [0.15, 0.2) is 18.3 Å². The fourth-order valence-electron chi connectivity index (χ4n) is 4.75. The molecule has 1 atom stereocenters. The molecule has 0 aromatic carbocycles. The van der Waals surface area contributed by atoms with Gasteiger partial charge in [-0.3, -0.25) is 9.69 Å². The van der Waals surface area contributed by atoms with E-state index in [-0.39, 0.29) is 5.92 Å². The zero-order valence-electron chi connectivity index (χ0n) is 15.4. The lowest BCUT2D eigenvalue weighted by molar-refractivity contribution is -0.136. The molecule has 0 aliphatic carbocycles. The fourth-order valence-corrected chi connectivity index (χ4v) is 4.86. The number of rotatable bonds is 3. The summed E-state index contributed by atoms with van der Waals surface area (Å²) in [5.41, 5.74) is 0. The van der Waals surface area contributed by atoms with Gasteiger partial charge in [0.05, 0.1) is 10.9 Å². The number of pyridine rings is 1. The van der Waals surface area contributed by atoms with Crippen molar-refractivity contribution in [3.63, 3.8) is 0 Å². The Morgan fingerprint density at radius 2 is 1.77 bits per heavy atom. The number of carbonyl (C=O) groups excluding carboxylic acids is 1. The van der Waals surface area contributed by atoms with E-state index < -0.39 is 0 Å². The molecule has 0 saturated carbocycles. The van der Waals surface area contributed by atoms with Crippen molar-refractivity contribution in [2.24, 2.45) is 5.92 Å². The van der Waals surface area contributed by atoms with Gasteiger partial charge in [-0.1, -0.05) is 11.6 Å². The zero-order chi connectivity index (χ0) is 17.9. The number of likely N-dealkylation sites (tertiary alicyclic amines) is 2. The Kier molecular flexibility index (Phi) is 5.65. The summed E-state index contributed by atoms with van der Waals surface area (Å²) in [7, 11) is 0. The number of carbonyl (C=O) groups is 1. The molecule has 3 saturated heterocycles. The van der Waals surface area contributed by atoms with Crippen LogP contribution in [0.4, 0.5) is 5.82 Å². The van der Waals surface area contributed by atoms with Crippen LogP contribution in [0, 0.1) is 5.92 Å². The summed E-state index contributed by atoms with van der Waals surface area (Å²) >= 11 is 5.94. The minimum absolute atomic E-state index is 0.220. The first-order valence-electron chi connectivity index (χ1n) is 10.1. The van der Waals surface area contributed by atoms with E-state index in [1.807, 2.05) is 12.1 Å². The standard InChI is InChI=1S/C20H29ClN4O/c21-17-5-6-19(22-14-17)23-12-7-18(8-13-23)25-11-3-4-16(15-25)20(26)24-9-1-2-10-24/h5-6,14,16,18H,1-4,7-13,15H2. The summed E-state index contributed by atoms with van der Waals surface area (Å²) < 4.78 is 0. The van der Waals surface area contributed by atoms with Gasteiger partial charge in [0.2, 0.25) is 5.91 Å². The monoisotopic (exact) mass is 376 g/mol. The van der Waals surface area contributed by atoms with E-state index in [9.17, 15) is 4.79 Å². The van der Waals surface area contributed by atoms with Gasteiger partial charge in [-0.15, -0.1) is 0 Å². The third-order valence-corrected chi connectivity index (χ3v) is 6.46. The second-order valence-electron chi connectivity index (χ2n) is 7.92. The third kappa shape index (κ3) is 3.99. The van der Waals surface area contributed by atoms with Crippen molar-refractivity contribution in [3.05, 3.63) is 23.4 Å². The quantitative estimate of drug-likeness (QED) is 0.812. The molecule has 6 heteroatoms. The topological polar surface area (TPSA) is 39.7 Å². The highest BCUT2D eigenvalue weighted by Gasteiger charge is 2.34. The Morgan fingerprint density at radius 1 is 1.00 bits per heavy atom. The maximum atomic E-state index is 12.8. The van der Waals surface area contributed by atoms with Crippen molar-refractivity contribution < 1.29 is 4.79 Å². The van der Waals surface area contributed by atoms with E-state index in [2.05, 4.69) is 19.7 Å². The van der Waals surface area contributed by atoms with Gasteiger partial charge in [-0.25, -0.2) is 4.98 Å². The normalized spacial score (nSPS) is 25.7. The van der Waals surface area contributed by atoms with Crippen molar-refractivity contribution in [2.75, 3.05) is 44.2 Å². The molecule has 3 fully saturated rings. The van der Waals surface area contributed by atoms with Gasteiger partial charge >= 0.3 is 0 Å². The van der Waals surface area contributed by atoms with Gasteiger partial charge in [0.15, 0.2) is 0 Å². The number of hydrogen-bond donors (Lipinski definition) is 0. The first-order chi connectivity index (χ1) is 12.7. The number of piperidine rings is 2. The van der Waals surface area contributed by atoms with E-state index in [4.69, 9.17) is 11.6 Å². The number of aromatic nitrogens is 1. The maximum absolute atomic E-state index is 12.8. The summed E-state index contributed by atoms with van der Waals surface area (Å²) in [6.45, 7) is 6.11. The van der Waals surface area contributed by atoms with Gasteiger partial charge in [0, 0.05) is 45.0 Å². The van der Waals surface area contributed by atoms with Crippen molar-refractivity contribution in [2.45, 2.75) is 44.6 Å². The SMILES string of the molecule is O=C(C1CCCN(C2CCN(c3ccc(Cl)cn3)CC2)C1)N1CCCC1. The highest BCUT2D eigenvalue weighted by atomic mass is 35.5. The van der Waals surface area contributed by atoms with Crippen LogP contribution in [0.3, 0.4) is 0 Å². The van der Waals surface area contributed by atoms with Crippen LogP contribution in [0.2, 0.25) is 5.02 Å². The van der Waals surface area contributed by atoms with Crippen LogP contribution < -0.4 is 4.90 Å². The van der Waals surface area contributed by atoms with Crippen molar-refractivity contribution in [1.82, 2.24) is 14.8 Å². The molecule has 3 aliphatic rings. The molecule has 26 heavy (non-hydrogen) atoms. The lowest BCUT2D eigenvalue weighted by Gasteiger charge is -2.42. The van der Waals surface area contributed by atoms with Crippen LogP contribution in [0.25, 0.3) is 0 Å². The van der Waals surface area contributed by atoms with Crippen molar-refractivity contribution >= 4 is 23.3 Å². The third-order valence-electron chi connectivity index (χ3n) is 6.24. The summed E-state index contributed by atoms with van der Waals surface area (Å²) in [5.74, 6) is 1.65. The Hall–Kier alpha value is -1.33. The lowest BCUT2D eigenvalue weighted by atomic mass is 9.93. The van der Waals surface area contributed by atoms with Crippen LogP contribution >= 0.6 is 11.6 Å². The second-order valence-corrected chi connectivity index (χ2v) is 8.36. The Bertz CT molecular complexity index is 609. The average molecular weight is 377 g/mol.